The first kappa shape index (κ1) is 15.5. The molecule has 0 radical (unpaired) electrons. The second-order valence-electron chi connectivity index (χ2n) is 6.40. The summed E-state index contributed by atoms with van der Waals surface area (Å²) < 4.78 is 0. The maximum absolute atomic E-state index is 6.81. The standard InChI is InChI=1S/C18H30N2/c1-3-11-17(20-14-9-4-5-10-15-20)18(2,19)16-12-7-6-8-13-16/h6-8,12-13,17H,3-5,9-11,14-15,19H2,1-2H3. The fourth-order valence-electron chi connectivity index (χ4n) is 3.53. The first-order valence-electron chi connectivity index (χ1n) is 8.24. The van der Waals surface area contributed by atoms with Crippen LogP contribution in [0.1, 0.15) is 57.9 Å². The van der Waals surface area contributed by atoms with E-state index in [1.54, 1.807) is 0 Å². The number of nitrogens with zero attached hydrogens (tertiary/aromatic N) is 1. The van der Waals surface area contributed by atoms with Crippen molar-refractivity contribution >= 4 is 0 Å². The highest BCUT2D eigenvalue weighted by Crippen LogP contribution is 2.30. The van der Waals surface area contributed by atoms with E-state index in [1.165, 1.54) is 57.2 Å². The highest BCUT2D eigenvalue weighted by molar-refractivity contribution is 5.25. The van der Waals surface area contributed by atoms with Gasteiger partial charge in [-0.25, -0.2) is 0 Å². The van der Waals surface area contributed by atoms with E-state index < -0.39 is 0 Å². The van der Waals surface area contributed by atoms with Crippen LogP contribution in [0, 0.1) is 0 Å². The summed E-state index contributed by atoms with van der Waals surface area (Å²) in [5.41, 5.74) is 7.81. The van der Waals surface area contributed by atoms with Crippen LogP contribution < -0.4 is 5.73 Å². The molecular formula is C18H30N2. The van der Waals surface area contributed by atoms with E-state index in [1.807, 2.05) is 0 Å². The molecule has 2 atom stereocenters. The van der Waals surface area contributed by atoms with Crippen LogP contribution in [0.3, 0.4) is 0 Å². The first-order chi connectivity index (χ1) is 9.66. The van der Waals surface area contributed by atoms with Crippen LogP contribution in [0.2, 0.25) is 0 Å². The Labute approximate surface area is 124 Å². The molecule has 2 heteroatoms. The summed E-state index contributed by atoms with van der Waals surface area (Å²) in [6, 6.07) is 11.1. The molecule has 2 unspecified atom stereocenters. The van der Waals surface area contributed by atoms with Gasteiger partial charge in [-0.05, 0) is 44.8 Å². The molecule has 0 saturated carbocycles. The van der Waals surface area contributed by atoms with Gasteiger partial charge in [-0.3, -0.25) is 4.90 Å². The van der Waals surface area contributed by atoms with Crippen molar-refractivity contribution in [2.75, 3.05) is 13.1 Å². The van der Waals surface area contributed by atoms with E-state index in [4.69, 9.17) is 5.73 Å². The Morgan fingerprint density at radius 3 is 2.25 bits per heavy atom. The molecule has 1 fully saturated rings. The zero-order valence-electron chi connectivity index (χ0n) is 13.1. The molecule has 1 aromatic rings. The van der Waals surface area contributed by atoms with Crippen molar-refractivity contribution in [1.29, 1.82) is 0 Å². The van der Waals surface area contributed by atoms with Crippen molar-refractivity contribution < 1.29 is 0 Å². The molecule has 1 aliphatic heterocycles. The lowest BCUT2D eigenvalue weighted by molar-refractivity contribution is 0.121. The summed E-state index contributed by atoms with van der Waals surface area (Å²) in [4.78, 5) is 2.66. The van der Waals surface area contributed by atoms with Gasteiger partial charge < -0.3 is 5.73 Å². The van der Waals surface area contributed by atoms with E-state index in [2.05, 4.69) is 49.1 Å². The minimum Gasteiger partial charge on any atom is -0.320 e. The zero-order chi connectivity index (χ0) is 14.4. The highest BCUT2D eigenvalue weighted by atomic mass is 15.2. The average molecular weight is 274 g/mol. The van der Waals surface area contributed by atoms with Crippen molar-refractivity contribution in [3.8, 4) is 0 Å². The third kappa shape index (κ3) is 3.62. The fourth-order valence-corrected chi connectivity index (χ4v) is 3.53. The van der Waals surface area contributed by atoms with E-state index in [0.717, 1.165) is 0 Å². The van der Waals surface area contributed by atoms with Gasteiger partial charge in [-0.1, -0.05) is 56.5 Å². The van der Waals surface area contributed by atoms with Gasteiger partial charge in [0.15, 0.2) is 0 Å². The van der Waals surface area contributed by atoms with Crippen molar-refractivity contribution in [2.24, 2.45) is 5.73 Å². The van der Waals surface area contributed by atoms with E-state index >= 15 is 0 Å². The Kier molecular flexibility index (Phi) is 5.62. The molecule has 1 heterocycles. The van der Waals surface area contributed by atoms with Gasteiger partial charge in [-0.15, -0.1) is 0 Å². The molecule has 0 bridgehead atoms. The minimum absolute atomic E-state index is 0.262. The Balaban J connectivity index is 2.21. The number of benzene rings is 1. The molecule has 112 valence electrons. The summed E-state index contributed by atoms with van der Waals surface area (Å²) in [5.74, 6) is 0. The molecule has 2 rings (SSSR count). The Bertz CT molecular complexity index is 378. The molecule has 0 aromatic heterocycles. The van der Waals surface area contributed by atoms with Crippen molar-refractivity contribution in [2.45, 2.75) is 64.0 Å². The molecule has 0 amide bonds. The smallest absolute Gasteiger partial charge is 0.0538 e. The van der Waals surface area contributed by atoms with Crippen molar-refractivity contribution in [3.63, 3.8) is 0 Å². The first-order valence-corrected chi connectivity index (χ1v) is 8.24. The summed E-state index contributed by atoms with van der Waals surface area (Å²) in [6.07, 6.45) is 7.78. The molecule has 1 aliphatic rings. The lowest BCUT2D eigenvalue weighted by Crippen LogP contribution is -2.54. The normalized spacial score (nSPS) is 21.9. The van der Waals surface area contributed by atoms with Crippen LogP contribution in [0.25, 0.3) is 0 Å². The second kappa shape index (κ2) is 7.24. The van der Waals surface area contributed by atoms with Gasteiger partial charge in [0.2, 0.25) is 0 Å². The monoisotopic (exact) mass is 274 g/mol. The van der Waals surface area contributed by atoms with E-state index in [9.17, 15) is 0 Å². The average Bonchev–Trinajstić information content (AvgIpc) is 2.74. The molecule has 0 spiro atoms. The largest absolute Gasteiger partial charge is 0.320 e. The number of rotatable bonds is 5. The molecule has 1 aromatic carbocycles. The highest BCUT2D eigenvalue weighted by Gasteiger charge is 2.35. The third-order valence-electron chi connectivity index (χ3n) is 4.73. The van der Waals surface area contributed by atoms with Crippen LogP contribution in [0.5, 0.6) is 0 Å². The lowest BCUT2D eigenvalue weighted by Gasteiger charge is -2.42. The molecule has 0 aliphatic carbocycles. The quantitative estimate of drug-likeness (QED) is 0.882. The Morgan fingerprint density at radius 1 is 1.10 bits per heavy atom. The van der Waals surface area contributed by atoms with Crippen molar-refractivity contribution in [3.05, 3.63) is 35.9 Å². The second-order valence-corrected chi connectivity index (χ2v) is 6.40. The Hall–Kier alpha value is -0.860. The topological polar surface area (TPSA) is 29.3 Å². The summed E-state index contributed by atoms with van der Waals surface area (Å²) >= 11 is 0. The molecular weight excluding hydrogens is 244 g/mol. The maximum Gasteiger partial charge on any atom is 0.0538 e. The molecule has 2 nitrogen and oxygen atoms in total. The van der Waals surface area contributed by atoms with Crippen molar-refractivity contribution in [1.82, 2.24) is 4.90 Å². The van der Waals surface area contributed by atoms with E-state index in [-0.39, 0.29) is 5.54 Å². The number of hydrogen-bond acceptors (Lipinski definition) is 2. The number of likely N-dealkylation sites (tertiary alicyclic amines) is 1. The van der Waals surface area contributed by atoms with Gasteiger partial charge in [0, 0.05) is 6.04 Å². The summed E-state index contributed by atoms with van der Waals surface area (Å²) in [7, 11) is 0. The van der Waals surface area contributed by atoms with Crippen LogP contribution in [-0.4, -0.2) is 24.0 Å². The minimum atomic E-state index is -0.262. The van der Waals surface area contributed by atoms with Crippen LogP contribution in [0.4, 0.5) is 0 Å². The van der Waals surface area contributed by atoms with Gasteiger partial charge >= 0.3 is 0 Å². The summed E-state index contributed by atoms with van der Waals surface area (Å²) in [5, 5.41) is 0. The summed E-state index contributed by atoms with van der Waals surface area (Å²) in [6.45, 7) is 6.91. The predicted molar refractivity (Wildman–Crippen MR) is 86.7 cm³/mol. The third-order valence-corrected chi connectivity index (χ3v) is 4.73. The zero-order valence-corrected chi connectivity index (χ0v) is 13.1. The van der Waals surface area contributed by atoms with E-state index in [0.29, 0.717) is 6.04 Å². The predicted octanol–water partition coefficient (Wildman–Crippen LogP) is 3.91. The fraction of sp³-hybridized carbons (Fsp3) is 0.667. The van der Waals surface area contributed by atoms with Crippen LogP contribution in [0.15, 0.2) is 30.3 Å². The molecule has 1 saturated heterocycles. The molecule has 20 heavy (non-hydrogen) atoms. The SMILES string of the molecule is CCCC(N1CCCCCC1)C(C)(N)c1ccccc1. The van der Waals surface area contributed by atoms with Gasteiger partial charge in [0.1, 0.15) is 0 Å². The van der Waals surface area contributed by atoms with Gasteiger partial charge in [-0.2, -0.15) is 0 Å². The van der Waals surface area contributed by atoms with Crippen LogP contribution >= 0.6 is 0 Å². The number of hydrogen-bond donors (Lipinski definition) is 1. The Morgan fingerprint density at radius 2 is 1.70 bits per heavy atom. The number of nitrogens with two attached hydrogens (primary N) is 1. The lowest BCUT2D eigenvalue weighted by atomic mass is 9.82. The molecule has 2 N–H and O–H groups in total. The van der Waals surface area contributed by atoms with Gasteiger partial charge in [0.05, 0.1) is 5.54 Å². The maximum atomic E-state index is 6.81. The van der Waals surface area contributed by atoms with Crippen LogP contribution in [-0.2, 0) is 5.54 Å². The van der Waals surface area contributed by atoms with Gasteiger partial charge in [0.25, 0.3) is 0 Å².